The topological polar surface area (TPSA) is 102 Å². The Hall–Kier alpha value is -1.67. The Bertz CT molecular complexity index is 735. The number of hydrogen-bond acceptors (Lipinski definition) is 8. The van der Waals surface area contributed by atoms with E-state index in [1.54, 1.807) is 0 Å². The van der Waals surface area contributed by atoms with Gasteiger partial charge in [-0.25, -0.2) is 0 Å². The van der Waals surface area contributed by atoms with Crippen LogP contribution in [0.15, 0.2) is 0 Å². The van der Waals surface area contributed by atoms with E-state index in [9.17, 15) is 19.5 Å². The van der Waals surface area contributed by atoms with E-state index in [1.165, 1.54) is 13.8 Å². The Balaban J connectivity index is 1.69. The van der Waals surface area contributed by atoms with Crippen LogP contribution in [0, 0.1) is 29.1 Å². The van der Waals surface area contributed by atoms with Gasteiger partial charge in [0, 0.05) is 44.1 Å². The number of nitrogens with zero attached hydrogens (tertiary/aromatic N) is 1. The van der Waals surface area contributed by atoms with Gasteiger partial charge in [0.15, 0.2) is 0 Å². The largest absolute Gasteiger partial charge is 0.462 e. The maximum atomic E-state index is 12.8. The van der Waals surface area contributed by atoms with Crippen molar-refractivity contribution in [1.82, 2.24) is 4.90 Å². The molecule has 0 aromatic carbocycles. The second kappa shape index (κ2) is 8.35. The second-order valence-corrected chi connectivity index (χ2v) is 10.2. The van der Waals surface area contributed by atoms with Crippen molar-refractivity contribution in [2.45, 2.75) is 77.8 Å². The quantitative estimate of drug-likeness (QED) is 0.522. The van der Waals surface area contributed by atoms with Gasteiger partial charge < -0.3 is 24.2 Å². The van der Waals surface area contributed by atoms with Crippen molar-refractivity contribution in [2.75, 3.05) is 19.6 Å². The molecule has 2 aliphatic carbocycles. The van der Waals surface area contributed by atoms with E-state index in [0.717, 1.165) is 25.9 Å². The minimum absolute atomic E-state index is 0.0119. The van der Waals surface area contributed by atoms with Gasteiger partial charge in [-0.1, -0.05) is 13.8 Å². The van der Waals surface area contributed by atoms with Crippen molar-refractivity contribution in [2.24, 2.45) is 29.1 Å². The fourth-order valence-electron chi connectivity index (χ4n) is 7.03. The highest BCUT2D eigenvalue weighted by Gasteiger charge is 2.67. The van der Waals surface area contributed by atoms with E-state index < -0.39 is 35.6 Å². The van der Waals surface area contributed by atoms with Crippen LogP contribution in [-0.4, -0.2) is 72.0 Å². The van der Waals surface area contributed by atoms with E-state index in [1.807, 2.05) is 13.8 Å². The van der Waals surface area contributed by atoms with Crippen molar-refractivity contribution in [3.05, 3.63) is 0 Å². The molecule has 8 heteroatoms. The Morgan fingerprint density at radius 3 is 2.42 bits per heavy atom. The summed E-state index contributed by atoms with van der Waals surface area (Å²) in [5, 5.41) is 11.8. The molecule has 4 fully saturated rings. The molecule has 31 heavy (non-hydrogen) atoms. The molecule has 2 heterocycles. The number of carbonyl (C=O) groups is 3. The molecule has 3 unspecified atom stereocenters. The first-order chi connectivity index (χ1) is 14.6. The third kappa shape index (κ3) is 3.86. The number of likely N-dealkylation sites (tertiary alicyclic amines) is 1. The molecule has 0 bridgehead atoms. The Morgan fingerprint density at radius 2 is 1.81 bits per heavy atom. The molecule has 2 saturated heterocycles. The Kier molecular flexibility index (Phi) is 6.07. The summed E-state index contributed by atoms with van der Waals surface area (Å²) < 4.78 is 17.2. The molecular formula is C23H35NO7. The summed E-state index contributed by atoms with van der Waals surface area (Å²) in [5.41, 5.74) is -0.845. The predicted molar refractivity (Wildman–Crippen MR) is 110 cm³/mol. The molecule has 4 aliphatic rings. The van der Waals surface area contributed by atoms with Crippen molar-refractivity contribution >= 4 is 17.9 Å². The molecule has 1 N–H and O–H groups in total. The summed E-state index contributed by atoms with van der Waals surface area (Å²) in [6.45, 7) is 9.19. The fraction of sp³-hybridized carbons (Fsp3) is 0.870. The zero-order chi connectivity index (χ0) is 22.5. The zero-order valence-corrected chi connectivity index (χ0v) is 18.9. The number of hydrogen-bond donors (Lipinski definition) is 1. The van der Waals surface area contributed by atoms with Crippen LogP contribution < -0.4 is 0 Å². The molecule has 0 aromatic rings. The Morgan fingerprint density at radius 1 is 1.16 bits per heavy atom. The molecule has 0 spiro atoms. The number of ether oxygens (including phenoxy) is 3. The standard InChI is InChI=1S/C23H35NO7/c1-12-9-16-19(15(22(28)31-16)11-24-7-5-6-8-24)21(27)23(4)18(30-14(3)26)10-17(20(12)23)29-13(2)25/h12,15-21,27H,5-11H2,1-4H3/t12-,15?,16+,17?,18+,19-,20?,21+,23-/m1/s1. The van der Waals surface area contributed by atoms with E-state index in [-0.39, 0.29) is 35.8 Å². The van der Waals surface area contributed by atoms with Crippen LogP contribution in [0.5, 0.6) is 0 Å². The normalized spacial score (nSPS) is 44.9. The van der Waals surface area contributed by atoms with Gasteiger partial charge in [-0.2, -0.15) is 0 Å². The highest BCUT2D eigenvalue weighted by Crippen LogP contribution is 2.58. The smallest absolute Gasteiger partial charge is 0.311 e. The molecule has 0 amide bonds. The number of aliphatic hydroxyl groups is 1. The average Bonchev–Trinajstić information content (AvgIpc) is 3.32. The van der Waals surface area contributed by atoms with E-state index >= 15 is 0 Å². The molecular weight excluding hydrogens is 402 g/mol. The third-order valence-corrected chi connectivity index (χ3v) is 8.22. The lowest BCUT2D eigenvalue weighted by Crippen LogP contribution is -2.52. The maximum Gasteiger partial charge on any atom is 0.311 e. The number of aliphatic hydroxyl groups excluding tert-OH is 1. The van der Waals surface area contributed by atoms with Crippen molar-refractivity contribution < 1.29 is 33.7 Å². The van der Waals surface area contributed by atoms with Gasteiger partial charge in [0.1, 0.15) is 18.3 Å². The monoisotopic (exact) mass is 437 g/mol. The summed E-state index contributed by atoms with van der Waals surface area (Å²) in [4.78, 5) is 38.8. The van der Waals surface area contributed by atoms with Crippen LogP contribution in [0.2, 0.25) is 0 Å². The summed E-state index contributed by atoms with van der Waals surface area (Å²) in [5.74, 6) is -2.03. The van der Waals surface area contributed by atoms with Crippen LogP contribution in [-0.2, 0) is 28.6 Å². The van der Waals surface area contributed by atoms with Gasteiger partial charge >= 0.3 is 17.9 Å². The number of fused-ring (bicyclic) bond motifs is 2. The first kappa shape index (κ1) is 22.5. The first-order valence-corrected chi connectivity index (χ1v) is 11.6. The third-order valence-electron chi connectivity index (χ3n) is 8.22. The SMILES string of the molecule is CC(=O)OC1C[C@H](OC(C)=O)[C@]2(C)C1[C@H](C)C[C@@H]1OC(=O)C(CN3CCCC3)[C@H]1[C@@H]2O. The van der Waals surface area contributed by atoms with Crippen molar-refractivity contribution in [1.29, 1.82) is 0 Å². The highest BCUT2D eigenvalue weighted by atomic mass is 16.6. The molecule has 2 saturated carbocycles. The van der Waals surface area contributed by atoms with Crippen LogP contribution in [0.4, 0.5) is 0 Å². The van der Waals surface area contributed by atoms with E-state index in [4.69, 9.17) is 14.2 Å². The van der Waals surface area contributed by atoms with Gasteiger partial charge in [-0.15, -0.1) is 0 Å². The van der Waals surface area contributed by atoms with Gasteiger partial charge in [0.2, 0.25) is 0 Å². The van der Waals surface area contributed by atoms with Crippen LogP contribution in [0.25, 0.3) is 0 Å². The van der Waals surface area contributed by atoms with E-state index in [0.29, 0.717) is 19.4 Å². The molecule has 0 aromatic heterocycles. The summed E-state index contributed by atoms with van der Waals surface area (Å²) in [6.07, 6.45) is 0.822. The molecule has 2 aliphatic heterocycles. The lowest BCUT2D eigenvalue weighted by Gasteiger charge is -2.43. The highest BCUT2D eigenvalue weighted by molar-refractivity contribution is 5.76. The number of carbonyl (C=O) groups excluding carboxylic acids is 3. The minimum Gasteiger partial charge on any atom is -0.462 e. The summed E-state index contributed by atoms with van der Waals surface area (Å²) in [7, 11) is 0. The van der Waals surface area contributed by atoms with Gasteiger partial charge in [-0.3, -0.25) is 14.4 Å². The lowest BCUT2D eigenvalue weighted by atomic mass is 9.66. The minimum atomic E-state index is -0.920. The van der Waals surface area contributed by atoms with Crippen molar-refractivity contribution in [3.8, 4) is 0 Å². The Labute approximate surface area is 183 Å². The van der Waals surface area contributed by atoms with Gasteiger partial charge in [0.05, 0.1) is 12.0 Å². The molecule has 174 valence electrons. The fourth-order valence-corrected chi connectivity index (χ4v) is 7.03. The molecule has 9 atom stereocenters. The predicted octanol–water partition coefficient (Wildman–Crippen LogP) is 1.53. The first-order valence-electron chi connectivity index (χ1n) is 11.6. The molecule has 4 rings (SSSR count). The maximum absolute atomic E-state index is 12.8. The average molecular weight is 438 g/mol. The molecule has 0 radical (unpaired) electrons. The van der Waals surface area contributed by atoms with Crippen molar-refractivity contribution in [3.63, 3.8) is 0 Å². The number of rotatable bonds is 4. The van der Waals surface area contributed by atoms with E-state index in [2.05, 4.69) is 4.90 Å². The summed E-state index contributed by atoms with van der Waals surface area (Å²) >= 11 is 0. The second-order valence-electron chi connectivity index (χ2n) is 10.2. The lowest BCUT2D eigenvalue weighted by molar-refractivity contribution is -0.165. The van der Waals surface area contributed by atoms with Gasteiger partial charge in [-0.05, 0) is 38.3 Å². The van der Waals surface area contributed by atoms with Crippen LogP contribution >= 0.6 is 0 Å². The van der Waals surface area contributed by atoms with Crippen LogP contribution in [0.3, 0.4) is 0 Å². The zero-order valence-electron chi connectivity index (χ0n) is 18.9. The number of esters is 3. The molecule has 8 nitrogen and oxygen atoms in total. The van der Waals surface area contributed by atoms with Gasteiger partial charge in [0.25, 0.3) is 0 Å². The summed E-state index contributed by atoms with van der Waals surface area (Å²) in [6, 6.07) is 0. The van der Waals surface area contributed by atoms with Crippen LogP contribution in [0.1, 0.15) is 53.4 Å².